The van der Waals surface area contributed by atoms with Crippen molar-refractivity contribution in [3.8, 4) is 0 Å². The van der Waals surface area contributed by atoms with E-state index < -0.39 is 0 Å². The number of anilines is 2. The second kappa shape index (κ2) is 4.38. The van der Waals surface area contributed by atoms with E-state index in [1.54, 1.807) is 11.0 Å². The standard InChI is InChI=1S/C11H16N4O/c1-15-7-8(5-6-11(15)16)13-10-4-2-3-9(12)14-10/h2-4,8H,5-7H2,1H3,(H3,12,13,14). The van der Waals surface area contributed by atoms with Gasteiger partial charge in [0.2, 0.25) is 5.91 Å². The zero-order valence-corrected chi connectivity index (χ0v) is 9.31. The molecular weight excluding hydrogens is 204 g/mol. The first kappa shape index (κ1) is 10.7. The molecule has 3 N–H and O–H groups in total. The van der Waals surface area contributed by atoms with Gasteiger partial charge in [0.1, 0.15) is 11.6 Å². The molecule has 1 aliphatic rings. The Labute approximate surface area is 94.6 Å². The van der Waals surface area contributed by atoms with Gasteiger partial charge in [-0.1, -0.05) is 6.07 Å². The molecular formula is C11H16N4O. The van der Waals surface area contributed by atoms with Gasteiger partial charge in [0.25, 0.3) is 0 Å². The lowest BCUT2D eigenvalue weighted by Crippen LogP contribution is -2.43. The summed E-state index contributed by atoms with van der Waals surface area (Å²) in [6.07, 6.45) is 1.44. The van der Waals surface area contributed by atoms with Crippen LogP contribution in [-0.4, -0.2) is 35.4 Å². The molecule has 1 aromatic rings. The summed E-state index contributed by atoms with van der Waals surface area (Å²) in [5.74, 6) is 1.48. The van der Waals surface area contributed by atoms with Crippen molar-refractivity contribution >= 4 is 17.5 Å². The van der Waals surface area contributed by atoms with Crippen molar-refractivity contribution in [2.75, 3.05) is 24.6 Å². The number of carbonyl (C=O) groups excluding carboxylic acids is 1. The number of carbonyl (C=O) groups is 1. The lowest BCUT2D eigenvalue weighted by molar-refractivity contribution is -0.132. The van der Waals surface area contributed by atoms with Gasteiger partial charge in [-0.3, -0.25) is 4.79 Å². The fraction of sp³-hybridized carbons (Fsp3) is 0.455. The normalized spacial score (nSPS) is 20.9. The van der Waals surface area contributed by atoms with E-state index in [1.807, 2.05) is 19.2 Å². The van der Waals surface area contributed by atoms with Gasteiger partial charge < -0.3 is 16.0 Å². The average Bonchev–Trinajstić information content (AvgIpc) is 2.24. The third-order valence-electron chi connectivity index (χ3n) is 2.75. The highest BCUT2D eigenvalue weighted by Gasteiger charge is 2.22. The number of hydrogen-bond acceptors (Lipinski definition) is 4. The third kappa shape index (κ3) is 2.42. The summed E-state index contributed by atoms with van der Waals surface area (Å²) in [6, 6.07) is 5.76. The molecule has 0 spiro atoms. The molecule has 1 atom stereocenters. The molecule has 0 bridgehead atoms. The highest BCUT2D eigenvalue weighted by Crippen LogP contribution is 2.15. The van der Waals surface area contributed by atoms with Crippen LogP contribution in [0.2, 0.25) is 0 Å². The summed E-state index contributed by atoms with van der Waals surface area (Å²) in [6.45, 7) is 0.718. The quantitative estimate of drug-likeness (QED) is 0.769. The maximum Gasteiger partial charge on any atom is 0.222 e. The number of nitrogens with two attached hydrogens (primary N) is 1. The molecule has 0 aromatic carbocycles. The molecule has 0 saturated carbocycles. The van der Waals surface area contributed by atoms with Gasteiger partial charge in [-0.2, -0.15) is 0 Å². The van der Waals surface area contributed by atoms with Crippen molar-refractivity contribution in [2.45, 2.75) is 18.9 Å². The maximum absolute atomic E-state index is 11.3. The maximum atomic E-state index is 11.3. The second-order valence-corrected chi connectivity index (χ2v) is 4.10. The Balaban J connectivity index is 1.98. The van der Waals surface area contributed by atoms with Crippen molar-refractivity contribution in [1.82, 2.24) is 9.88 Å². The first-order chi connectivity index (χ1) is 7.65. The molecule has 16 heavy (non-hydrogen) atoms. The molecule has 2 heterocycles. The predicted molar refractivity (Wildman–Crippen MR) is 62.9 cm³/mol. The predicted octanol–water partition coefficient (Wildman–Crippen LogP) is 0.696. The smallest absolute Gasteiger partial charge is 0.222 e. The molecule has 1 unspecified atom stereocenters. The Hall–Kier alpha value is -1.78. The number of likely N-dealkylation sites (N-methyl/N-ethyl adjacent to an activating group) is 1. The first-order valence-electron chi connectivity index (χ1n) is 5.38. The number of nitrogens with zero attached hydrogens (tertiary/aromatic N) is 2. The summed E-state index contributed by atoms with van der Waals surface area (Å²) in [5, 5.41) is 3.29. The molecule has 5 heteroatoms. The summed E-state index contributed by atoms with van der Waals surface area (Å²) in [7, 11) is 1.82. The van der Waals surface area contributed by atoms with Crippen molar-refractivity contribution in [3.05, 3.63) is 18.2 Å². The SMILES string of the molecule is CN1CC(Nc2cccc(N)n2)CCC1=O. The summed E-state index contributed by atoms with van der Waals surface area (Å²) in [4.78, 5) is 17.2. The number of pyridine rings is 1. The van der Waals surface area contributed by atoms with Crippen molar-refractivity contribution in [3.63, 3.8) is 0 Å². The Morgan fingerprint density at radius 3 is 3.06 bits per heavy atom. The minimum absolute atomic E-state index is 0.207. The monoisotopic (exact) mass is 220 g/mol. The molecule has 5 nitrogen and oxygen atoms in total. The lowest BCUT2D eigenvalue weighted by Gasteiger charge is -2.30. The van der Waals surface area contributed by atoms with Gasteiger partial charge >= 0.3 is 0 Å². The Bertz CT molecular complexity index is 393. The van der Waals surface area contributed by atoms with Crippen LogP contribution >= 0.6 is 0 Å². The molecule has 86 valence electrons. The van der Waals surface area contributed by atoms with Gasteiger partial charge in [-0.05, 0) is 18.6 Å². The van der Waals surface area contributed by atoms with Crippen LogP contribution in [0.3, 0.4) is 0 Å². The van der Waals surface area contributed by atoms with E-state index in [9.17, 15) is 4.79 Å². The molecule has 1 aliphatic heterocycles. The second-order valence-electron chi connectivity index (χ2n) is 4.10. The molecule has 2 rings (SSSR count). The van der Waals surface area contributed by atoms with Crippen LogP contribution in [0.5, 0.6) is 0 Å². The molecule has 0 aliphatic carbocycles. The number of likely N-dealkylation sites (tertiary alicyclic amines) is 1. The lowest BCUT2D eigenvalue weighted by atomic mass is 10.1. The number of hydrogen-bond donors (Lipinski definition) is 2. The summed E-state index contributed by atoms with van der Waals surface area (Å²) >= 11 is 0. The topological polar surface area (TPSA) is 71.2 Å². The molecule has 1 fully saturated rings. The fourth-order valence-electron chi connectivity index (χ4n) is 1.87. The molecule has 1 amide bonds. The Morgan fingerprint density at radius 2 is 2.38 bits per heavy atom. The highest BCUT2D eigenvalue weighted by molar-refractivity contribution is 5.77. The van der Waals surface area contributed by atoms with Crippen molar-refractivity contribution < 1.29 is 4.79 Å². The Kier molecular flexibility index (Phi) is 2.94. The Morgan fingerprint density at radius 1 is 1.56 bits per heavy atom. The summed E-state index contributed by atoms with van der Waals surface area (Å²) < 4.78 is 0. The largest absolute Gasteiger partial charge is 0.384 e. The first-order valence-corrected chi connectivity index (χ1v) is 5.38. The number of nitrogens with one attached hydrogen (secondary N) is 1. The van der Waals surface area contributed by atoms with Gasteiger partial charge in [0.05, 0.1) is 0 Å². The number of piperidine rings is 1. The van der Waals surface area contributed by atoms with Crippen LogP contribution in [0, 0.1) is 0 Å². The van der Waals surface area contributed by atoms with Gasteiger partial charge in [0.15, 0.2) is 0 Å². The van der Waals surface area contributed by atoms with Crippen LogP contribution in [0.4, 0.5) is 11.6 Å². The number of aromatic nitrogens is 1. The van der Waals surface area contributed by atoms with E-state index in [1.165, 1.54) is 0 Å². The van der Waals surface area contributed by atoms with E-state index in [0.717, 1.165) is 18.8 Å². The average molecular weight is 220 g/mol. The van der Waals surface area contributed by atoms with Crippen LogP contribution in [0.25, 0.3) is 0 Å². The van der Waals surface area contributed by atoms with Crippen LogP contribution < -0.4 is 11.1 Å². The third-order valence-corrected chi connectivity index (χ3v) is 2.75. The molecule has 0 radical (unpaired) electrons. The highest BCUT2D eigenvalue weighted by atomic mass is 16.2. The van der Waals surface area contributed by atoms with E-state index in [2.05, 4.69) is 10.3 Å². The van der Waals surface area contributed by atoms with Crippen LogP contribution in [0.15, 0.2) is 18.2 Å². The molecule has 1 saturated heterocycles. The van der Waals surface area contributed by atoms with E-state index >= 15 is 0 Å². The number of amides is 1. The van der Waals surface area contributed by atoms with Crippen LogP contribution in [-0.2, 0) is 4.79 Å². The molecule has 1 aromatic heterocycles. The van der Waals surface area contributed by atoms with E-state index in [-0.39, 0.29) is 11.9 Å². The van der Waals surface area contributed by atoms with Crippen LogP contribution in [0.1, 0.15) is 12.8 Å². The zero-order valence-electron chi connectivity index (χ0n) is 9.31. The van der Waals surface area contributed by atoms with Gasteiger partial charge in [-0.25, -0.2) is 4.98 Å². The number of rotatable bonds is 2. The van der Waals surface area contributed by atoms with E-state index in [0.29, 0.717) is 12.2 Å². The minimum Gasteiger partial charge on any atom is -0.384 e. The zero-order chi connectivity index (χ0) is 11.5. The van der Waals surface area contributed by atoms with Gasteiger partial charge in [0, 0.05) is 26.1 Å². The van der Waals surface area contributed by atoms with Gasteiger partial charge in [-0.15, -0.1) is 0 Å². The van der Waals surface area contributed by atoms with Crippen molar-refractivity contribution in [2.24, 2.45) is 0 Å². The number of nitrogen functional groups attached to an aromatic ring is 1. The van der Waals surface area contributed by atoms with Crippen molar-refractivity contribution in [1.29, 1.82) is 0 Å². The van der Waals surface area contributed by atoms with E-state index in [4.69, 9.17) is 5.73 Å². The fourth-order valence-corrected chi connectivity index (χ4v) is 1.87. The summed E-state index contributed by atoms with van der Waals surface area (Å²) in [5.41, 5.74) is 5.60. The minimum atomic E-state index is 0.207.